The summed E-state index contributed by atoms with van der Waals surface area (Å²) in [4.78, 5) is 13.4. The third kappa shape index (κ3) is 1.92. The molecular weight excluding hydrogens is 260 g/mol. The average molecular weight is 271 g/mol. The molecule has 0 saturated heterocycles. The third-order valence-electron chi connectivity index (χ3n) is 2.14. The summed E-state index contributed by atoms with van der Waals surface area (Å²) in [5.41, 5.74) is 0.485. The normalized spacial score (nSPS) is 22.8. The van der Waals surface area contributed by atoms with E-state index in [-0.39, 0.29) is 12.1 Å². The van der Waals surface area contributed by atoms with Gasteiger partial charge in [-0.1, -0.05) is 15.9 Å². The first kappa shape index (κ1) is 10.3. The molecule has 0 radical (unpaired) electrons. The van der Waals surface area contributed by atoms with Crippen molar-refractivity contribution in [2.24, 2.45) is 0 Å². The summed E-state index contributed by atoms with van der Waals surface area (Å²) < 4.78 is 5.90. The molecule has 0 unspecified atom stereocenters. The Bertz CT molecular complexity index is 374. The highest BCUT2D eigenvalue weighted by atomic mass is 79.9. The molecular formula is C10H11BrN2O2. The molecule has 0 spiro atoms. The first-order valence-corrected chi connectivity index (χ1v) is 5.48. The van der Waals surface area contributed by atoms with Crippen LogP contribution in [-0.2, 0) is 9.53 Å². The van der Waals surface area contributed by atoms with Gasteiger partial charge in [0.15, 0.2) is 0 Å². The number of ether oxygens (including phenoxy) is 1. The standard InChI is InChI=1S/C10H11BrN2O2/c1-2-15-10(14)8-6-13-5-3-4-7(11)9(13)12-8/h3-6,9,12H,2H2,1H3/t9-/m0/s1. The van der Waals surface area contributed by atoms with E-state index in [4.69, 9.17) is 4.74 Å². The predicted molar refractivity (Wildman–Crippen MR) is 59.6 cm³/mol. The molecule has 80 valence electrons. The van der Waals surface area contributed by atoms with Gasteiger partial charge in [-0.15, -0.1) is 0 Å². The van der Waals surface area contributed by atoms with Gasteiger partial charge in [-0.25, -0.2) is 4.79 Å². The van der Waals surface area contributed by atoms with Gasteiger partial charge in [0, 0.05) is 16.9 Å². The maximum absolute atomic E-state index is 11.5. The number of hydrogen-bond acceptors (Lipinski definition) is 4. The van der Waals surface area contributed by atoms with E-state index >= 15 is 0 Å². The minimum atomic E-state index is -0.319. The summed E-state index contributed by atoms with van der Waals surface area (Å²) >= 11 is 3.43. The molecule has 2 rings (SSSR count). The Morgan fingerprint density at radius 1 is 1.73 bits per heavy atom. The molecule has 0 aliphatic carbocycles. The highest BCUT2D eigenvalue weighted by Gasteiger charge is 2.29. The van der Waals surface area contributed by atoms with Gasteiger partial charge < -0.3 is 15.0 Å². The number of carbonyl (C=O) groups is 1. The second kappa shape index (κ2) is 4.10. The van der Waals surface area contributed by atoms with E-state index in [0.717, 1.165) is 4.48 Å². The van der Waals surface area contributed by atoms with E-state index < -0.39 is 0 Å². The molecule has 0 saturated carbocycles. The molecule has 0 aromatic rings. The zero-order chi connectivity index (χ0) is 10.8. The van der Waals surface area contributed by atoms with Crippen molar-refractivity contribution in [3.63, 3.8) is 0 Å². The maximum atomic E-state index is 11.5. The smallest absolute Gasteiger partial charge is 0.355 e. The van der Waals surface area contributed by atoms with Crippen molar-refractivity contribution in [1.82, 2.24) is 10.2 Å². The summed E-state index contributed by atoms with van der Waals surface area (Å²) in [6.07, 6.45) is 7.47. The Morgan fingerprint density at radius 3 is 3.20 bits per heavy atom. The van der Waals surface area contributed by atoms with Gasteiger partial charge in [-0.05, 0) is 19.1 Å². The molecule has 0 bridgehead atoms. The number of rotatable bonds is 2. The Labute approximate surface area is 96.4 Å². The number of hydrogen-bond donors (Lipinski definition) is 1. The maximum Gasteiger partial charge on any atom is 0.355 e. The molecule has 4 nitrogen and oxygen atoms in total. The number of allylic oxidation sites excluding steroid dienone is 2. The van der Waals surface area contributed by atoms with Crippen LogP contribution in [0.5, 0.6) is 0 Å². The lowest BCUT2D eigenvalue weighted by atomic mass is 10.3. The fraction of sp³-hybridized carbons (Fsp3) is 0.300. The van der Waals surface area contributed by atoms with Gasteiger partial charge in [-0.3, -0.25) is 0 Å². The van der Waals surface area contributed by atoms with Crippen LogP contribution in [0.15, 0.2) is 34.7 Å². The fourth-order valence-corrected chi connectivity index (χ4v) is 1.97. The summed E-state index contributed by atoms with van der Waals surface area (Å²) in [6, 6.07) is 0. The van der Waals surface area contributed by atoms with Crippen molar-refractivity contribution in [2.45, 2.75) is 13.1 Å². The minimum Gasteiger partial charge on any atom is -0.461 e. The molecule has 1 atom stereocenters. The lowest BCUT2D eigenvalue weighted by Gasteiger charge is -2.24. The van der Waals surface area contributed by atoms with Crippen LogP contribution in [0.25, 0.3) is 0 Å². The molecule has 5 heteroatoms. The molecule has 0 aromatic carbocycles. The Hall–Kier alpha value is -1.23. The van der Waals surface area contributed by atoms with Crippen LogP contribution >= 0.6 is 15.9 Å². The van der Waals surface area contributed by atoms with Gasteiger partial charge in [0.1, 0.15) is 11.9 Å². The van der Waals surface area contributed by atoms with Crippen LogP contribution in [0.4, 0.5) is 0 Å². The number of halogens is 1. The highest BCUT2D eigenvalue weighted by Crippen LogP contribution is 2.25. The predicted octanol–water partition coefficient (Wildman–Crippen LogP) is 1.43. The zero-order valence-corrected chi connectivity index (χ0v) is 9.82. The molecule has 0 amide bonds. The van der Waals surface area contributed by atoms with Crippen molar-refractivity contribution in [3.8, 4) is 0 Å². The molecule has 0 fully saturated rings. The number of carbonyl (C=O) groups excluding carboxylic acids is 1. The monoisotopic (exact) mass is 270 g/mol. The molecule has 1 N–H and O–H groups in total. The van der Waals surface area contributed by atoms with Crippen molar-refractivity contribution in [1.29, 1.82) is 0 Å². The molecule has 15 heavy (non-hydrogen) atoms. The largest absolute Gasteiger partial charge is 0.461 e. The van der Waals surface area contributed by atoms with E-state index in [1.807, 2.05) is 23.3 Å². The van der Waals surface area contributed by atoms with Crippen LogP contribution in [0.2, 0.25) is 0 Å². The summed E-state index contributed by atoms with van der Waals surface area (Å²) in [7, 11) is 0. The number of esters is 1. The van der Waals surface area contributed by atoms with Gasteiger partial charge in [0.2, 0.25) is 0 Å². The topological polar surface area (TPSA) is 41.6 Å². The highest BCUT2D eigenvalue weighted by molar-refractivity contribution is 9.11. The Morgan fingerprint density at radius 2 is 2.53 bits per heavy atom. The first-order valence-electron chi connectivity index (χ1n) is 4.69. The van der Waals surface area contributed by atoms with Gasteiger partial charge in [-0.2, -0.15) is 0 Å². The Kier molecular flexibility index (Phi) is 2.81. The molecule has 2 aliphatic rings. The van der Waals surface area contributed by atoms with E-state index in [1.165, 1.54) is 0 Å². The summed E-state index contributed by atoms with van der Waals surface area (Å²) in [6.45, 7) is 2.17. The zero-order valence-electron chi connectivity index (χ0n) is 8.24. The van der Waals surface area contributed by atoms with Gasteiger partial charge >= 0.3 is 5.97 Å². The van der Waals surface area contributed by atoms with Crippen molar-refractivity contribution in [2.75, 3.05) is 6.61 Å². The summed E-state index contributed by atoms with van der Waals surface area (Å²) in [5, 5.41) is 3.07. The lowest BCUT2D eigenvalue weighted by molar-refractivity contribution is -0.138. The van der Waals surface area contributed by atoms with Crippen LogP contribution in [0.3, 0.4) is 0 Å². The van der Waals surface area contributed by atoms with E-state index in [0.29, 0.717) is 12.3 Å². The second-order valence-electron chi connectivity index (χ2n) is 3.15. The average Bonchev–Trinajstić information content (AvgIpc) is 2.63. The summed E-state index contributed by atoms with van der Waals surface area (Å²) in [5.74, 6) is -0.319. The number of nitrogens with zero attached hydrogens (tertiary/aromatic N) is 1. The van der Waals surface area contributed by atoms with E-state index in [1.54, 1.807) is 13.1 Å². The quantitative estimate of drug-likeness (QED) is 0.771. The minimum absolute atomic E-state index is 0.0191. The van der Waals surface area contributed by atoms with Crippen LogP contribution in [0.1, 0.15) is 6.92 Å². The van der Waals surface area contributed by atoms with Crippen molar-refractivity contribution >= 4 is 21.9 Å². The fourth-order valence-electron chi connectivity index (χ4n) is 1.47. The third-order valence-corrected chi connectivity index (χ3v) is 2.84. The van der Waals surface area contributed by atoms with E-state index in [2.05, 4.69) is 21.2 Å². The first-order chi connectivity index (χ1) is 7.22. The van der Waals surface area contributed by atoms with Gasteiger partial charge in [0.05, 0.1) is 6.61 Å². The SMILES string of the molecule is CCOC(=O)C1=CN2C=CC=C(Br)[C@H]2N1. The second-order valence-corrected chi connectivity index (χ2v) is 4.07. The van der Waals surface area contributed by atoms with Crippen LogP contribution in [-0.4, -0.2) is 23.6 Å². The van der Waals surface area contributed by atoms with Crippen LogP contribution < -0.4 is 5.32 Å². The molecule has 0 aromatic heterocycles. The van der Waals surface area contributed by atoms with Crippen molar-refractivity contribution in [3.05, 3.63) is 34.7 Å². The van der Waals surface area contributed by atoms with Crippen molar-refractivity contribution < 1.29 is 9.53 Å². The Balaban J connectivity index is 2.11. The molecule has 2 aliphatic heterocycles. The van der Waals surface area contributed by atoms with Crippen LogP contribution in [0, 0.1) is 0 Å². The number of nitrogens with one attached hydrogen (secondary N) is 1. The lowest BCUT2D eigenvalue weighted by Crippen LogP contribution is -2.35. The van der Waals surface area contributed by atoms with E-state index in [9.17, 15) is 4.79 Å². The van der Waals surface area contributed by atoms with Gasteiger partial charge in [0.25, 0.3) is 0 Å². The molecule has 2 heterocycles. The number of fused-ring (bicyclic) bond motifs is 1.